The molecule has 0 atom stereocenters. The lowest BCUT2D eigenvalue weighted by Crippen LogP contribution is -2.42. The van der Waals surface area contributed by atoms with Crippen molar-refractivity contribution < 1.29 is 28.2 Å². The normalized spacial score (nSPS) is 13.1. The molecule has 0 saturated carbocycles. The Morgan fingerprint density at radius 2 is 1.55 bits per heavy atom. The summed E-state index contributed by atoms with van der Waals surface area (Å²) in [6.07, 6.45) is 0.0711. The molecule has 1 aromatic heterocycles. The second-order valence-corrected chi connectivity index (χ2v) is 8.88. The fraction of sp³-hybridized carbons (Fsp3) is 0.200. The molecule has 0 bridgehead atoms. The van der Waals surface area contributed by atoms with Crippen LogP contribution in [0, 0.1) is 39.9 Å². The van der Waals surface area contributed by atoms with Crippen molar-refractivity contribution in [1.29, 1.82) is 10.5 Å². The predicted molar refractivity (Wildman–Crippen MR) is 136 cm³/mol. The number of furan rings is 1. The molecule has 0 saturated heterocycles. The van der Waals surface area contributed by atoms with Gasteiger partial charge in [0.2, 0.25) is 0 Å². The van der Waals surface area contributed by atoms with Crippen LogP contribution in [0.1, 0.15) is 33.4 Å². The van der Waals surface area contributed by atoms with Crippen molar-refractivity contribution in [3.8, 4) is 29.7 Å². The highest BCUT2D eigenvalue weighted by Crippen LogP contribution is 2.45. The molecular weight excluding hydrogens is 484 g/mol. The Hall–Kier alpha value is -5.26. The molecule has 3 aromatic carbocycles. The molecule has 4 aromatic rings. The molecule has 8 nitrogen and oxygen atoms in total. The first-order valence-corrected chi connectivity index (χ1v) is 11.6. The average molecular weight is 504 g/mol. The van der Waals surface area contributed by atoms with E-state index in [4.69, 9.17) is 18.6 Å². The number of nitrogens with zero attached hydrogens (tertiary/aromatic N) is 2. The van der Waals surface area contributed by atoms with Gasteiger partial charge in [0.25, 0.3) is 0 Å². The Kier molecular flexibility index (Phi) is 5.99. The molecule has 1 aliphatic rings. The number of esters is 2. The summed E-state index contributed by atoms with van der Waals surface area (Å²) in [6.45, 7) is 0. The molecule has 38 heavy (non-hydrogen) atoms. The quantitative estimate of drug-likeness (QED) is 0.231. The maximum Gasteiger partial charge on any atom is 0.323 e. The zero-order valence-electron chi connectivity index (χ0n) is 20.8. The summed E-state index contributed by atoms with van der Waals surface area (Å²) in [5.74, 6) is 5.41. The van der Waals surface area contributed by atoms with E-state index in [2.05, 4.69) is 24.0 Å². The van der Waals surface area contributed by atoms with Gasteiger partial charge in [-0.2, -0.15) is 10.5 Å². The SMILES string of the molecule is COC(=O)C1(C(=O)OC)Cc2cc3oc4ccc(C#N)cc4c3c(C#Cc3cc(C#N)ccc3OC)c2C1. The summed E-state index contributed by atoms with van der Waals surface area (Å²) in [5, 5.41) is 20.2. The number of ether oxygens (including phenoxy) is 3. The van der Waals surface area contributed by atoms with E-state index in [1.165, 1.54) is 21.3 Å². The molecule has 0 N–H and O–H groups in total. The fourth-order valence-electron chi connectivity index (χ4n) is 5.06. The highest BCUT2D eigenvalue weighted by molar-refractivity contribution is 6.10. The third-order valence-corrected chi connectivity index (χ3v) is 6.86. The van der Waals surface area contributed by atoms with E-state index >= 15 is 0 Å². The van der Waals surface area contributed by atoms with E-state index < -0.39 is 17.4 Å². The van der Waals surface area contributed by atoms with Crippen molar-refractivity contribution in [3.05, 3.63) is 75.8 Å². The van der Waals surface area contributed by atoms with Crippen molar-refractivity contribution >= 4 is 33.9 Å². The van der Waals surface area contributed by atoms with E-state index in [1.54, 1.807) is 42.5 Å². The number of carbonyl (C=O) groups excluding carboxylic acids is 2. The zero-order valence-corrected chi connectivity index (χ0v) is 20.8. The first-order chi connectivity index (χ1) is 18.4. The molecular formula is C30H20N2O6. The third-order valence-electron chi connectivity index (χ3n) is 6.86. The van der Waals surface area contributed by atoms with Gasteiger partial charge in [0.1, 0.15) is 16.9 Å². The first-order valence-electron chi connectivity index (χ1n) is 11.6. The van der Waals surface area contributed by atoms with Crippen molar-refractivity contribution in [2.75, 3.05) is 21.3 Å². The number of fused-ring (bicyclic) bond motifs is 4. The predicted octanol–water partition coefficient (Wildman–Crippen LogP) is 4.17. The van der Waals surface area contributed by atoms with Crippen LogP contribution in [0.5, 0.6) is 5.75 Å². The van der Waals surface area contributed by atoms with Gasteiger partial charge in [-0.05, 0) is 60.0 Å². The van der Waals surface area contributed by atoms with Crippen LogP contribution in [0.2, 0.25) is 0 Å². The summed E-state index contributed by atoms with van der Waals surface area (Å²) >= 11 is 0. The van der Waals surface area contributed by atoms with Gasteiger partial charge in [0.15, 0.2) is 5.41 Å². The van der Waals surface area contributed by atoms with Crippen LogP contribution in [-0.2, 0) is 31.9 Å². The second-order valence-electron chi connectivity index (χ2n) is 8.88. The minimum Gasteiger partial charge on any atom is -0.495 e. The smallest absolute Gasteiger partial charge is 0.323 e. The van der Waals surface area contributed by atoms with Crippen molar-refractivity contribution in [1.82, 2.24) is 0 Å². The maximum absolute atomic E-state index is 12.9. The van der Waals surface area contributed by atoms with Crippen LogP contribution in [0.4, 0.5) is 0 Å². The molecule has 8 heteroatoms. The van der Waals surface area contributed by atoms with Crippen LogP contribution >= 0.6 is 0 Å². The standard InChI is InChI=1S/C30H20N2O6/c1-35-24-8-4-17(15-31)10-19(24)6-7-21-23-14-30(28(33)36-2,29(34)37-3)13-20(23)12-26-27(21)22-11-18(16-32)5-9-25(22)38-26/h4-5,8-12H,13-14H2,1-3H3. The molecule has 0 unspecified atom stereocenters. The Morgan fingerprint density at radius 1 is 0.868 bits per heavy atom. The van der Waals surface area contributed by atoms with Gasteiger partial charge in [-0.25, -0.2) is 0 Å². The summed E-state index contributed by atoms with van der Waals surface area (Å²) < 4.78 is 21.6. The summed E-state index contributed by atoms with van der Waals surface area (Å²) in [6, 6.07) is 16.1. The monoisotopic (exact) mass is 504 g/mol. The minimum absolute atomic E-state index is 0.0155. The number of carbonyl (C=O) groups is 2. The number of rotatable bonds is 3. The van der Waals surface area contributed by atoms with Gasteiger partial charge in [0.05, 0.1) is 50.2 Å². The molecule has 186 valence electrons. The number of nitriles is 2. The van der Waals surface area contributed by atoms with Gasteiger partial charge >= 0.3 is 11.9 Å². The molecule has 0 fully saturated rings. The van der Waals surface area contributed by atoms with E-state index in [1.807, 2.05) is 0 Å². The molecule has 5 rings (SSSR count). The number of methoxy groups -OCH3 is 3. The Labute approximate surface area is 217 Å². The van der Waals surface area contributed by atoms with Crippen LogP contribution in [0.25, 0.3) is 21.9 Å². The number of hydrogen-bond acceptors (Lipinski definition) is 8. The minimum atomic E-state index is -1.56. The fourth-order valence-corrected chi connectivity index (χ4v) is 5.06. The van der Waals surface area contributed by atoms with Crippen LogP contribution in [0.15, 0.2) is 46.9 Å². The first kappa shape index (κ1) is 24.4. The highest BCUT2D eigenvalue weighted by atomic mass is 16.5. The highest BCUT2D eigenvalue weighted by Gasteiger charge is 2.53. The third kappa shape index (κ3) is 3.70. The van der Waals surface area contributed by atoms with Crippen LogP contribution < -0.4 is 4.74 Å². The zero-order chi connectivity index (χ0) is 27.0. The van der Waals surface area contributed by atoms with E-state index in [0.717, 1.165) is 0 Å². The van der Waals surface area contributed by atoms with Gasteiger partial charge < -0.3 is 18.6 Å². The molecule has 0 radical (unpaired) electrons. The summed E-state index contributed by atoms with van der Waals surface area (Å²) in [5.41, 5.74) is 2.80. The molecule has 1 aliphatic carbocycles. The van der Waals surface area contributed by atoms with Gasteiger partial charge in [-0.1, -0.05) is 11.8 Å². The van der Waals surface area contributed by atoms with E-state index in [-0.39, 0.29) is 12.8 Å². The van der Waals surface area contributed by atoms with E-state index in [9.17, 15) is 20.1 Å². The van der Waals surface area contributed by atoms with Crippen molar-refractivity contribution in [3.63, 3.8) is 0 Å². The summed E-state index contributed by atoms with van der Waals surface area (Å²) in [7, 11) is 3.97. The lowest BCUT2D eigenvalue weighted by molar-refractivity contribution is -0.168. The lowest BCUT2D eigenvalue weighted by Gasteiger charge is -2.22. The van der Waals surface area contributed by atoms with Gasteiger partial charge in [-0.15, -0.1) is 0 Å². The number of benzene rings is 3. The Morgan fingerprint density at radius 3 is 2.21 bits per heavy atom. The Bertz CT molecular complexity index is 1790. The molecule has 0 aliphatic heterocycles. The van der Waals surface area contributed by atoms with Crippen molar-refractivity contribution in [2.45, 2.75) is 12.8 Å². The molecule has 0 amide bonds. The molecule has 1 heterocycles. The molecule has 0 spiro atoms. The maximum atomic E-state index is 12.9. The second kappa shape index (κ2) is 9.32. The van der Waals surface area contributed by atoms with Gasteiger partial charge in [-0.3, -0.25) is 9.59 Å². The van der Waals surface area contributed by atoms with Crippen molar-refractivity contribution in [2.24, 2.45) is 5.41 Å². The average Bonchev–Trinajstić information content (AvgIpc) is 3.52. The lowest BCUT2D eigenvalue weighted by atomic mass is 9.84. The largest absolute Gasteiger partial charge is 0.495 e. The summed E-state index contributed by atoms with van der Waals surface area (Å²) in [4.78, 5) is 25.8. The van der Waals surface area contributed by atoms with E-state index in [0.29, 0.717) is 61.1 Å². The van der Waals surface area contributed by atoms with Gasteiger partial charge in [0, 0.05) is 22.8 Å². The van der Waals surface area contributed by atoms with Crippen LogP contribution in [0.3, 0.4) is 0 Å². The Balaban J connectivity index is 1.83. The van der Waals surface area contributed by atoms with Crippen LogP contribution in [-0.4, -0.2) is 33.3 Å². The number of hydrogen-bond donors (Lipinski definition) is 0. The topological polar surface area (TPSA) is 123 Å².